The Morgan fingerprint density at radius 3 is 2.82 bits per heavy atom. The minimum atomic E-state index is 0. The molecule has 6 heteroatoms. The topological polar surface area (TPSA) is 54.2 Å². The summed E-state index contributed by atoms with van der Waals surface area (Å²) in [7, 11) is 0. The van der Waals surface area contributed by atoms with Crippen LogP contribution in [0.4, 0.5) is 0 Å². The van der Waals surface area contributed by atoms with Gasteiger partial charge in [0.2, 0.25) is 11.7 Å². The number of rotatable bonds is 3. The van der Waals surface area contributed by atoms with E-state index in [1.165, 1.54) is 19.3 Å². The van der Waals surface area contributed by atoms with Crippen LogP contribution < -0.4 is 5.32 Å². The average Bonchev–Trinajstić information content (AvgIpc) is 3.09. The molecule has 1 N–H and O–H groups in total. The molecule has 118 valence electrons. The lowest BCUT2D eigenvalue weighted by Gasteiger charge is -2.21. The van der Waals surface area contributed by atoms with Gasteiger partial charge in [0, 0.05) is 30.7 Å². The molecule has 3 heterocycles. The zero-order valence-corrected chi connectivity index (χ0v) is 13.3. The third kappa shape index (κ3) is 3.32. The number of nitrogens with zero attached hydrogens (tertiary/aromatic N) is 3. The second-order valence-corrected chi connectivity index (χ2v) is 6.04. The van der Waals surface area contributed by atoms with Gasteiger partial charge >= 0.3 is 0 Å². The Hall–Kier alpha value is -1.43. The van der Waals surface area contributed by atoms with E-state index in [1.54, 1.807) is 0 Å². The lowest BCUT2D eigenvalue weighted by atomic mass is 10.1. The van der Waals surface area contributed by atoms with Gasteiger partial charge < -0.3 is 9.84 Å². The van der Waals surface area contributed by atoms with Crippen LogP contribution in [-0.2, 0) is 6.54 Å². The summed E-state index contributed by atoms with van der Waals surface area (Å²) in [6, 6.07) is 11.3. The second kappa shape index (κ2) is 6.77. The van der Waals surface area contributed by atoms with Crippen LogP contribution in [0.2, 0.25) is 0 Å². The first-order valence-corrected chi connectivity index (χ1v) is 7.73. The zero-order valence-electron chi connectivity index (χ0n) is 12.4. The van der Waals surface area contributed by atoms with E-state index in [2.05, 4.69) is 20.4 Å². The van der Waals surface area contributed by atoms with Crippen molar-refractivity contribution < 1.29 is 4.52 Å². The highest BCUT2D eigenvalue weighted by Crippen LogP contribution is 2.22. The van der Waals surface area contributed by atoms with Crippen LogP contribution in [0.5, 0.6) is 0 Å². The van der Waals surface area contributed by atoms with Crippen LogP contribution in [0, 0.1) is 0 Å². The summed E-state index contributed by atoms with van der Waals surface area (Å²) in [4.78, 5) is 6.96. The van der Waals surface area contributed by atoms with Gasteiger partial charge in [-0.2, -0.15) is 4.98 Å². The number of benzene rings is 1. The number of aromatic nitrogens is 2. The highest BCUT2D eigenvalue weighted by molar-refractivity contribution is 5.85. The van der Waals surface area contributed by atoms with Gasteiger partial charge in [-0.25, -0.2) is 0 Å². The number of halogens is 1. The summed E-state index contributed by atoms with van der Waals surface area (Å²) < 4.78 is 5.42. The lowest BCUT2D eigenvalue weighted by molar-refractivity contribution is 0.216. The van der Waals surface area contributed by atoms with E-state index in [-0.39, 0.29) is 12.4 Å². The molecule has 1 aromatic carbocycles. The Morgan fingerprint density at radius 2 is 1.95 bits per heavy atom. The Labute approximate surface area is 136 Å². The molecule has 0 radical (unpaired) electrons. The predicted octanol–water partition coefficient (Wildman–Crippen LogP) is 2.48. The monoisotopic (exact) mass is 320 g/mol. The fourth-order valence-electron chi connectivity index (χ4n) is 3.37. The van der Waals surface area contributed by atoms with Gasteiger partial charge in [-0.3, -0.25) is 4.90 Å². The Morgan fingerprint density at radius 1 is 1.14 bits per heavy atom. The number of hydrogen-bond acceptors (Lipinski definition) is 5. The highest BCUT2D eigenvalue weighted by atomic mass is 35.5. The van der Waals surface area contributed by atoms with E-state index in [0.717, 1.165) is 25.2 Å². The maximum absolute atomic E-state index is 5.42. The Kier molecular flexibility index (Phi) is 4.76. The van der Waals surface area contributed by atoms with Crippen molar-refractivity contribution in [2.75, 3.05) is 13.1 Å². The van der Waals surface area contributed by atoms with E-state index in [1.807, 2.05) is 30.3 Å². The van der Waals surface area contributed by atoms with Crippen LogP contribution in [0.3, 0.4) is 0 Å². The second-order valence-electron chi connectivity index (χ2n) is 6.04. The quantitative estimate of drug-likeness (QED) is 0.941. The van der Waals surface area contributed by atoms with Crippen molar-refractivity contribution in [2.24, 2.45) is 0 Å². The smallest absolute Gasteiger partial charge is 0.241 e. The molecule has 0 saturated carbocycles. The van der Waals surface area contributed by atoms with Gasteiger partial charge in [0.1, 0.15) is 0 Å². The summed E-state index contributed by atoms with van der Waals surface area (Å²) in [5.41, 5.74) is 1.00. The molecular weight excluding hydrogens is 300 g/mol. The van der Waals surface area contributed by atoms with Crippen LogP contribution in [-0.4, -0.2) is 40.2 Å². The molecule has 2 unspecified atom stereocenters. The summed E-state index contributed by atoms with van der Waals surface area (Å²) in [5.74, 6) is 1.40. The normalized spacial score (nSPS) is 24.7. The molecule has 0 aliphatic carbocycles. The predicted molar refractivity (Wildman–Crippen MR) is 86.8 cm³/mol. The average molecular weight is 321 g/mol. The molecule has 22 heavy (non-hydrogen) atoms. The van der Waals surface area contributed by atoms with Crippen molar-refractivity contribution in [2.45, 2.75) is 37.9 Å². The first-order valence-electron chi connectivity index (χ1n) is 7.73. The van der Waals surface area contributed by atoms with E-state index >= 15 is 0 Å². The minimum Gasteiger partial charge on any atom is -0.338 e. The maximum Gasteiger partial charge on any atom is 0.241 e. The summed E-state index contributed by atoms with van der Waals surface area (Å²) in [6.45, 7) is 2.95. The number of likely N-dealkylation sites (tertiary alicyclic amines) is 1. The molecule has 0 amide bonds. The van der Waals surface area contributed by atoms with Gasteiger partial charge in [-0.1, -0.05) is 35.5 Å². The van der Waals surface area contributed by atoms with E-state index in [0.29, 0.717) is 23.8 Å². The fraction of sp³-hybridized carbons (Fsp3) is 0.500. The number of fused-ring (bicyclic) bond motifs is 2. The molecule has 2 aliphatic rings. The molecule has 5 nitrogen and oxygen atoms in total. The van der Waals surface area contributed by atoms with Crippen molar-refractivity contribution in [3.8, 4) is 11.4 Å². The standard InChI is InChI=1S/C16H20N4O.ClH/c1-2-4-12(5-3-1)16-18-15(21-19-16)11-20-9-8-13-6-7-14(10-20)17-13;/h1-5,13-14,17H,6-11H2;1H. The molecule has 4 rings (SSSR count). The Balaban J connectivity index is 0.00000144. The molecular formula is C16H21ClN4O. The molecule has 2 saturated heterocycles. The summed E-state index contributed by atoms with van der Waals surface area (Å²) in [6.07, 6.45) is 3.84. The third-order valence-electron chi connectivity index (χ3n) is 4.47. The van der Waals surface area contributed by atoms with Crippen LogP contribution in [0.25, 0.3) is 11.4 Å². The van der Waals surface area contributed by atoms with Gasteiger partial charge in [0.05, 0.1) is 6.54 Å². The molecule has 2 aliphatic heterocycles. The summed E-state index contributed by atoms with van der Waals surface area (Å²) in [5, 5.41) is 7.79. The molecule has 0 spiro atoms. The molecule has 1 aromatic heterocycles. The van der Waals surface area contributed by atoms with Crippen molar-refractivity contribution in [1.29, 1.82) is 0 Å². The van der Waals surface area contributed by atoms with E-state index in [9.17, 15) is 0 Å². The van der Waals surface area contributed by atoms with Gasteiger partial charge in [0.15, 0.2) is 0 Å². The van der Waals surface area contributed by atoms with E-state index in [4.69, 9.17) is 4.52 Å². The van der Waals surface area contributed by atoms with Crippen molar-refractivity contribution >= 4 is 12.4 Å². The number of hydrogen-bond donors (Lipinski definition) is 1. The van der Waals surface area contributed by atoms with Crippen molar-refractivity contribution in [1.82, 2.24) is 20.4 Å². The number of nitrogens with one attached hydrogen (secondary N) is 1. The first-order chi connectivity index (χ1) is 10.4. The molecule has 2 fully saturated rings. The molecule has 2 aromatic rings. The zero-order chi connectivity index (χ0) is 14.1. The Bertz CT molecular complexity index is 603. The first kappa shape index (κ1) is 15.5. The van der Waals surface area contributed by atoms with Crippen molar-refractivity contribution in [3.63, 3.8) is 0 Å². The lowest BCUT2D eigenvalue weighted by Crippen LogP contribution is -2.35. The third-order valence-corrected chi connectivity index (χ3v) is 4.47. The van der Waals surface area contributed by atoms with Gasteiger partial charge in [-0.05, 0) is 19.3 Å². The van der Waals surface area contributed by atoms with Gasteiger partial charge in [-0.15, -0.1) is 12.4 Å². The summed E-state index contributed by atoms with van der Waals surface area (Å²) >= 11 is 0. The van der Waals surface area contributed by atoms with Crippen LogP contribution in [0.1, 0.15) is 25.2 Å². The van der Waals surface area contributed by atoms with Gasteiger partial charge in [0.25, 0.3) is 0 Å². The van der Waals surface area contributed by atoms with Crippen molar-refractivity contribution in [3.05, 3.63) is 36.2 Å². The minimum absolute atomic E-state index is 0. The maximum atomic E-state index is 5.42. The SMILES string of the molecule is Cl.c1ccc(-c2noc(CN3CCC4CCC(C3)N4)n2)cc1. The fourth-order valence-corrected chi connectivity index (χ4v) is 3.37. The van der Waals surface area contributed by atoms with Crippen LogP contribution in [0.15, 0.2) is 34.9 Å². The van der Waals surface area contributed by atoms with E-state index < -0.39 is 0 Å². The highest BCUT2D eigenvalue weighted by Gasteiger charge is 2.29. The molecule has 2 bridgehead atoms. The largest absolute Gasteiger partial charge is 0.338 e. The van der Waals surface area contributed by atoms with Crippen LogP contribution >= 0.6 is 12.4 Å². The molecule has 2 atom stereocenters.